The van der Waals surface area contributed by atoms with Crippen LogP contribution >= 0.6 is 11.6 Å². The van der Waals surface area contributed by atoms with Crippen LogP contribution in [0.15, 0.2) is 42.7 Å². The van der Waals surface area contributed by atoms with Crippen molar-refractivity contribution in [1.82, 2.24) is 9.38 Å². The van der Waals surface area contributed by atoms with Crippen molar-refractivity contribution in [2.24, 2.45) is 0 Å². The van der Waals surface area contributed by atoms with Gasteiger partial charge in [0.05, 0.1) is 5.69 Å². The van der Waals surface area contributed by atoms with E-state index in [0.29, 0.717) is 10.7 Å². The Kier molecular flexibility index (Phi) is 2.56. The van der Waals surface area contributed by atoms with Crippen LogP contribution in [0.3, 0.4) is 0 Å². The van der Waals surface area contributed by atoms with Gasteiger partial charge in [-0.1, -0.05) is 17.7 Å². The minimum Gasteiger partial charge on any atom is -0.304 e. The van der Waals surface area contributed by atoms with Crippen LogP contribution in [0, 0.1) is 12.7 Å². The Labute approximate surface area is 109 Å². The molecule has 2 nitrogen and oxygen atoms in total. The molecule has 0 fully saturated rings. The summed E-state index contributed by atoms with van der Waals surface area (Å²) in [5, 5.41) is 0.666. The lowest BCUT2D eigenvalue weighted by Gasteiger charge is -2.02. The second-order valence-corrected chi connectivity index (χ2v) is 4.63. The van der Waals surface area contributed by atoms with E-state index in [-0.39, 0.29) is 5.82 Å². The van der Waals surface area contributed by atoms with E-state index in [2.05, 4.69) is 4.98 Å². The molecule has 0 saturated carbocycles. The predicted molar refractivity (Wildman–Crippen MR) is 70.3 cm³/mol. The zero-order chi connectivity index (χ0) is 12.7. The monoisotopic (exact) mass is 260 g/mol. The molecule has 1 aromatic carbocycles. The number of aryl methyl sites for hydroxylation is 1. The Morgan fingerprint density at radius 2 is 2.00 bits per heavy atom. The van der Waals surface area contributed by atoms with Gasteiger partial charge in [0.15, 0.2) is 0 Å². The molecule has 0 amide bonds. The van der Waals surface area contributed by atoms with Crippen LogP contribution in [0.25, 0.3) is 16.9 Å². The molecule has 4 heteroatoms. The molecule has 0 aliphatic carbocycles. The number of benzene rings is 1. The van der Waals surface area contributed by atoms with E-state index in [1.807, 2.05) is 25.1 Å². The van der Waals surface area contributed by atoms with E-state index >= 15 is 0 Å². The van der Waals surface area contributed by atoms with Crippen LogP contribution in [0.2, 0.25) is 5.02 Å². The number of aromatic nitrogens is 2. The molecule has 0 bridgehead atoms. The standard InChI is InChI=1S/C14H10ClFN2/c1-9-2-3-10(15)6-12(9)13-8-18-7-11(16)4-5-14(18)17-13/h2-8H,1H3. The lowest BCUT2D eigenvalue weighted by atomic mass is 10.1. The maximum Gasteiger partial charge on any atom is 0.139 e. The summed E-state index contributed by atoms with van der Waals surface area (Å²) in [5.41, 5.74) is 3.56. The highest BCUT2D eigenvalue weighted by Gasteiger charge is 2.08. The highest BCUT2D eigenvalue weighted by atomic mass is 35.5. The summed E-state index contributed by atoms with van der Waals surface area (Å²) in [4.78, 5) is 4.46. The van der Waals surface area contributed by atoms with Crippen molar-refractivity contribution in [3.05, 3.63) is 59.1 Å². The molecule has 0 aliphatic rings. The Balaban J connectivity index is 2.22. The first-order valence-corrected chi connectivity index (χ1v) is 5.92. The summed E-state index contributed by atoms with van der Waals surface area (Å²) >= 11 is 6.00. The number of hydrogen-bond acceptors (Lipinski definition) is 1. The normalized spacial score (nSPS) is 11.1. The number of pyridine rings is 1. The molecule has 90 valence electrons. The van der Waals surface area contributed by atoms with Gasteiger partial charge in [0.2, 0.25) is 0 Å². The van der Waals surface area contributed by atoms with Gasteiger partial charge in [0.25, 0.3) is 0 Å². The smallest absolute Gasteiger partial charge is 0.139 e. The summed E-state index contributed by atoms with van der Waals surface area (Å²) in [6.45, 7) is 2.00. The molecule has 0 aliphatic heterocycles. The van der Waals surface area contributed by atoms with Gasteiger partial charge in [-0.15, -0.1) is 0 Å². The molecule has 0 radical (unpaired) electrons. The van der Waals surface area contributed by atoms with Crippen LogP contribution in [-0.2, 0) is 0 Å². The minimum absolute atomic E-state index is 0.283. The maximum atomic E-state index is 13.1. The van der Waals surface area contributed by atoms with Crippen LogP contribution in [-0.4, -0.2) is 9.38 Å². The zero-order valence-electron chi connectivity index (χ0n) is 9.69. The Hall–Kier alpha value is -1.87. The summed E-state index contributed by atoms with van der Waals surface area (Å²) in [5.74, 6) is -0.283. The van der Waals surface area contributed by atoms with E-state index in [0.717, 1.165) is 16.8 Å². The van der Waals surface area contributed by atoms with Crippen LogP contribution < -0.4 is 0 Å². The Morgan fingerprint density at radius 3 is 2.83 bits per heavy atom. The number of imidazole rings is 1. The zero-order valence-corrected chi connectivity index (χ0v) is 10.4. The molecular formula is C14H10ClFN2. The van der Waals surface area contributed by atoms with Gasteiger partial charge in [-0.2, -0.15) is 0 Å². The quantitative estimate of drug-likeness (QED) is 0.644. The van der Waals surface area contributed by atoms with E-state index in [4.69, 9.17) is 11.6 Å². The van der Waals surface area contributed by atoms with Crippen molar-refractivity contribution in [2.75, 3.05) is 0 Å². The van der Waals surface area contributed by atoms with Crippen molar-refractivity contribution in [3.8, 4) is 11.3 Å². The molecule has 0 unspecified atom stereocenters. The lowest BCUT2D eigenvalue weighted by Crippen LogP contribution is -1.83. The van der Waals surface area contributed by atoms with Crippen molar-refractivity contribution in [2.45, 2.75) is 6.92 Å². The SMILES string of the molecule is Cc1ccc(Cl)cc1-c1cn2cc(F)ccc2n1. The molecule has 0 saturated heterocycles. The van der Waals surface area contributed by atoms with Gasteiger partial charge in [0.1, 0.15) is 11.5 Å². The first-order valence-electron chi connectivity index (χ1n) is 5.54. The van der Waals surface area contributed by atoms with Gasteiger partial charge in [0, 0.05) is 23.0 Å². The average Bonchev–Trinajstić information content (AvgIpc) is 2.74. The number of nitrogens with zero attached hydrogens (tertiary/aromatic N) is 2. The summed E-state index contributed by atoms with van der Waals surface area (Å²) in [7, 11) is 0. The molecule has 0 atom stereocenters. The fraction of sp³-hybridized carbons (Fsp3) is 0.0714. The largest absolute Gasteiger partial charge is 0.304 e. The van der Waals surface area contributed by atoms with Gasteiger partial charge in [-0.25, -0.2) is 9.37 Å². The molecule has 3 rings (SSSR count). The number of rotatable bonds is 1. The van der Waals surface area contributed by atoms with Crippen molar-refractivity contribution in [1.29, 1.82) is 0 Å². The van der Waals surface area contributed by atoms with E-state index in [9.17, 15) is 4.39 Å². The molecule has 18 heavy (non-hydrogen) atoms. The second kappa shape index (κ2) is 4.10. The molecule has 2 aromatic heterocycles. The third kappa shape index (κ3) is 1.87. The van der Waals surface area contributed by atoms with Crippen molar-refractivity contribution >= 4 is 17.2 Å². The first-order chi connectivity index (χ1) is 8.63. The molecule has 2 heterocycles. The van der Waals surface area contributed by atoms with E-state index in [1.54, 1.807) is 16.7 Å². The molecular weight excluding hydrogens is 251 g/mol. The predicted octanol–water partition coefficient (Wildman–Crippen LogP) is 4.10. The summed E-state index contributed by atoms with van der Waals surface area (Å²) < 4.78 is 14.8. The molecule has 0 spiro atoms. The Morgan fingerprint density at radius 1 is 1.17 bits per heavy atom. The van der Waals surface area contributed by atoms with Crippen molar-refractivity contribution < 1.29 is 4.39 Å². The lowest BCUT2D eigenvalue weighted by molar-refractivity contribution is 0.619. The van der Waals surface area contributed by atoms with Crippen LogP contribution in [0.4, 0.5) is 4.39 Å². The fourth-order valence-corrected chi connectivity index (χ4v) is 2.14. The topological polar surface area (TPSA) is 17.3 Å². The minimum atomic E-state index is -0.283. The van der Waals surface area contributed by atoms with Gasteiger partial charge in [-0.3, -0.25) is 0 Å². The number of hydrogen-bond donors (Lipinski definition) is 0. The maximum absolute atomic E-state index is 13.1. The fourth-order valence-electron chi connectivity index (χ4n) is 1.96. The highest BCUT2D eigenvalue weighted by molar-refractivity contribution is 6.30. The van der Waals surface area contributed by atoms with Crippen molar-refractivity contribution in [3.63, 3.8) is 0 Å². The number of fused-ring (bicyclic) bond motifs is 1. The van der Waals surface area contributed by atoms with Gasteiger partial charge < -0.3 is 4.40 Å². The van der Waals surface area contributed by atoms with Crippen LogP contribution in [0.1, 0.15) is 5.56 Å². The first kappa shape index (κ1) is 11.2. The Bertz CT molecular complexity index is 734. The highest BCUT2D eigenvalue weighted by Crippen LogP contribution is 2.26. The van der Waals surface area contributed by atoms with Gasteiger partial charge in [-0.05, 0) is 36.8 Å². The molecule has 3 aromatic rings. The molecule has 0 N–H and O–H groups in total. The van der Waals surface area contributed by atoms with Crippen LogP contribution in [0.5, 0.6) is 0 Å². The van der Waals surface area contributed by atoms with Gasteiger partial charge >= 0.3 is 0 Å². The summed E-state index contributed by atoms with van der Waals surface area (Å²) in [6.07, 6.45) is 3.21. The average molecular weight is 261 g/mol. The van der Waals surface area contributed by atoms with E-state index in [1.165, 1.54) is 12.3 Å². The van der Waals surface area contributed by atoms with E-state index < -0.39 is 0 Å². The third-order valence-corrected chi connectivity index (χ3v) is 3.13. The third-order valence-electron chi connectivity index (χ3n) is 2.89. The second-order valence-electron chi connectivity index (χ2n) is 4.20. The summed E-state index contributed by atoms with van der Waals surface area (Å²) in [6, 6.07) is 8.71. The number of halogens is 2.